The molecular weight excluding hydrogens is 564 g/mol. The van der Waals surface area contributed by atoms with Gasteiger partial charge in [0.15, 0.2) is 0 Å². The number of carboxylic acids is 1. The Balaban J connectivity index is 1.51. The van der Waals surface area contributed by atoms with E-state index in [-0.39, 0.29) is 57.6 Å². The SMILES string of the molecule is CC(=O)O[C@@H]1C[C@@H]2[C@@]3(C)CC[C@H](OC(=O)CC(=O)O)C(C)(C)[C@@H]3CC[C@@]2(C)[C@]2(C)CC[C@](O)([C@]3(C)CC[C@@H](C(C)(C)O)O3)[C@H]12. The normalized spacial score (nSPS) is 48.1. The van der Waals surface area contributed by atoms with E-state index in [1.807, 2.05) is 6.92 Å². The number of carboxylic acid groups (broad SMARTS) is 1. The van der Waals surface area contributed by atoms with Crippen molar-refractivity contribution in [2.75, 3.05) is 0 Å². The minimum Gasteiger partial charge on any atom is -0.481 e. The summed E-state index contributed by atoms with van der Waals surface area (Å²) >= 11 is 0. The highest BCUT2D eigenvalue weighted by Gasteiger charge is 2.76. The Morgan fingerprint density at radius 1 is 0.864 bits per heavy atom. The first kappa shape index (κ1) is 33.6. The van der Waals surface area contributed by atoms with Gasteiger partial charge in [0, 0.05) is 18.3 Å². The van der Waals surface area contributed by atoms with Crippen LogP contribution in [0.5, 0.6) is 0 Å². The number of esters is 2. The Kier molecular flexibility index (Phi) is 7.95. The summed E-state index contributed by atoms with van der Waals surface area (Å²) in [4.78, 5) is 36.2. The fourth-order valence-corrected chi connectivity index (χ4v) is 11.9. The summed E-state index contributed by atoms with van der Waals surface area (Å²) in [6.07, 6.45) is 4.65. The molecule has 0 aromatic rings. The average Bonchev–Trinajstić information content (AvgIpc) is 3.42. The van der Waals surface area contributed by atoms with Crippen LogP contribution in [0.4, 0.5) is 0 Å². The molecule has 0 aromatic carbocycles. The van der Waals surface area contributed by atoms with Crippen LogP contribution in [0.25, 0.3) is 0 Å². The van der Waals surface area contributed by atoms with Gasteiger partial charge in [-0.05, 0) is 107 Å². The van der Waals surface area contributed by atoms with E-state index in [9.17, 15) is 24.6 Å². The lowest BCUT2D eigenvalue weighted by atomic mass is 9.35. The summed E-state index contributed by atoms with van der Waals surface area (Å²) in [6, 6.07) is 0. The van der Waals surface area contributed by atoms with Crippen molar-refractivity contribution in [3.63, 3.8) is 0 Å². The quantitative estimate of drug-likeness (QED) is 0.262. The molecule has 1 heterocycles. The second kappa shape index (κ2) is 10.4. The third-order valence-corrected chi connectivity index (χ3v) is 14.2. The van der Waals surface area contributed by atoms with Gasteiger partial charge in [0.25, 0.3) is 0 Å². The molecule has 4 saturated carbocycles. The molecule has 1 aliphatic heterocycles. The van der Waals surface area contributed by atoms with Crippen molar-refractivity contribution in [2.45, 2.75) is 162 Å². The molecule has 11 atom stereocenters. The highest BCUT2D eigenvalue weighted by molar-refractivity contribution is 5.90. The predicted octanol–water partition coefficient (Wildman–Crippen LogP) is 5.42. The van der Waals surface area contributed by atoms with Crippen LogP contribution >= 0.6 is 0 Å². The van der Waals surface area contributed by atoms with Crippen molar-refractivity contribution in [3.05, 3.63) is 0 Å². The van der Waals surface area contributed by atoms with Crippen LogP contribution < -0.4 is 0 Å². The topological polar surface area (TPSA) is 140 Å². The van der Waals surface area contributed by atoms with Gasteiger partial charge < -0.3 is 29.5 Å². The maximum Gasteiger partial charge on any atom is 0.317 e. The minimum absolute atomic E-state index is 0.140. The van der Waals surface area contributed by atoms with Crippen LogP contribution in [0.1, 0.15) is 127 Å². The van der Waals surface area contributed by atoms with Gasteiger partial charge in [-0.2, -0.15) is 0 Å². The summed E-state index contributed by atoms with van der Waals surface area (Å²) < 4.78 is 18.6. The Hall–Kier alpha value is -1.71. The van der Waals surface area contributed by atoms with Crippen molar-refractivity contribution in [2.24, 2.45) is 39.4 Å². The fourth-order valence-electron chi connectivity index (χ4n) is 11.9. The number of hydrogen-bond donors (Lipinski definition) is 3. The molecule has 0 radical (unpaired) electrons. The number of fused-ring (bicyclic) bond motifs is 5. The molecule has 0 aromatic heterocycles. The summed E-state index contributed by atoms with van der Waals surface area (Å²) in [7, 11) is 0. The second-order valence-electron chi connectivity index (χ2n) is 17.2. The molecule has 5 rings (SSSR count). The molecule has 9 heteroatoms. The first-order valence-electron chi connectivity index (χ1n) is 16.8. The third-order valence-electron chi connectivity index (χ3n) is 14.2. The molecular formula is C35H56O9. The standard InChI is InChI=1S/C35H56O9/c1-20(36)42-21-18-23-31(6)13-11-24(43-27(39)19-26(37)38)29(2,3)22(31)10-14-32(23,7)33(8)16-17-35(41,28(21)33)34(9)15-12-25(44-34)30(4,5)40/h21-25,28,40-41H,10-19H2,1-9H3,(H,37,38)/t21-,22+,23-,24+,25+,28-,31+,32-,33-,34+,35-/m1/s1. The smallest absolute Gasteiger partial charge is 0.317 e. The lowest BCUT2D eigenvalue weighted by molar-refractivity contribution is -0.280. The molecule has 44 heavy (non-hydrogen) atoms. The van der Waals surface area contributed by atoms with Gasteiger partial charge in [0.2, 0.25) is 0 Å². The predicted molar refractivity (Wildman–Crippen MR) is 162 cm³/mol. The van der Waals surface area contributed by atoms with E-state index >= 15 is 0 Å². The van der Waals surface area contributed by atoms with Crippen LogP contribution in [-0.4, -0.2) is 68.3 Å². The first-order chi connectivity index (χ1) is 20.0. The Bertz CT molecular complexity index is 1190. The van der Waals surface area contributed by atoms with Gasteiger partial charge in [-0.15, -0.1) is 0 Å². The number of hydrogen-bond acceptors (Lipinski definition) is 8. The summed E-state index contributed by atoms with van der Waals surface area (Å²) in [5.74, 6) is -2.15. The maximum absolute atomic E-state index is 12.9. The van der Waals surface area contributed by atoms with Crippen LogP contribution in [-0.2, 0) is 28.6 Å². The van der Waals surface area contributed by atoms with Crippen LogP contribution in [0, 0.1) is 39.4 Å². The summed E-state index contributed by atoms with van der Waals surface area (Å²) in [5, 5.41) is 32.8. The summed E-state index contributed by atoms with van der Waals surface area (Å²) in [6.45, 7) is 18.3. The lowest BCUT2D eigenvalue weighted by Crippen LogP contribution is -2.70. The molecule has 5 aliphatic rings. The monoisotopic (exact) mass is 620 g/mol. The highest BCUT2D eigenvalue weighted by Crippen LogP contribution is 2.77. The Morgan fingerprint density at radius 3 is 2.09 bits per heavy atom. The van der Waals surface area contributed by atoms with E-state index in [2.05, 4.69) is 34.6 Å². The molecule has 250 valence electrons. The average molecular weight is 621 g/mol. The van der Waals surface area contributed by atoms with E-state index in [0.29, 0.717) is 32.1 Å². The molecule has 5 fully saturated rings. The van der Waals surface area contributed by atoms with E-state index < -0.39 is 41.3 Å². The number of carbonyl (C=O) groups excluding carboxylic acids is 2. The number of ether oxygens (including phenoxy) is 3. The van der Waals surface area contributed by atoms with Crippen molar-refractivity contribution in [3.8, 4) is 0 Å². The van der Waals surface area contributed by atoms with E-state index in [0.717, 1.165) is 25.7 Å². The van der Waals surface area contributed by atoms with Gasteiger partial charge in [0.1, 0.15) is 24.2 Å². The molecule has 0 bridgehead atoms. The van der Waals surface area contributed by atoms with Gasteiger partial charge in [0.05, 0.1) is 17.3 Å². The molecule has 4 aliphatic carbocycles. The van der Waals surface area contributed by atoms with Crippen LogP contribution in [0.3, 0.4) is 0 Å². The molecule has 0 unspecified atom stereocenters. The van der Waals surface area contributed by atoms with Gasteiger partial charge in [-0.3, -0.25) is 14.4 Å². The Morgan fingerprint density at radius 2 is 1.52 bits per heavy atom. The number of carbonyl (C=O) groups is 3. The molecule has 3 N–H and O–H groups in total. The Labute approximate surface area is 262 Å². The zero-order valence-electron chi connectivity index (χ0n) is 28.3. The highest BCUT2D eigenvalue weighted by atomic mass is 16.6. The van der Waals surface area contributed by atoms with E-state index in [1.165, 1.54) is 6.92 Å². The van der Waals surface area contributed by atoms with Gasteiger partial charge in [-0.1, -0.05) is 34.6 Å². The van der Waals surface area contributed by atoms with Crippen molar-refractivity contribution in [1.82, 2.24) is 0 Å². The largest absolute Gasteiger partial charge is 0.481 e. The number of rotatable bonds is 6. The first-order valence-corrected chi connectivity index (χ1v) is 16.8. The number of aliphatic hydroxyl groups is 2. The maximum atomic E-state index is 12.9. The third kappa shape index (κ3) is 4.76. The van der Waals surface area contributed by atoms with Gasteiger partial charge >= 0.3 is 17.9 Å². The molecule has 9 nitrogen and oxygen atoms in total. The van der Waals surface area contributed by atoms with E-state index in [1.54, 1.807) is 13.8 Å². The minimum atomic E-state index is -1.23. The fraction of sp³-hybridized carbons (Fsp3) is 0.914. The van der Waals surface area contributed by atoms with Crippen molar-refractivity contribution < 1.29 is 43.9 Å². The molecule has 0 amide bonds. The zero-order valence-corrected chi connectivity index (χ0v) is 28.3. The van der Waals surface area contributed by atoms with Crippen LogP contribution in [0.2, 0.25) is 0 Å². The van der Waals surface area contributed by atoms with Crippen molar-refractivity contribution >= 4 is 17.9 Å². The molecule has 0 spiro atoms. The number of aliphatic carboxylic acids is 1. The second-order valence-corrected chi connectivity index (χ2v) is 17.2. The van der Waals surface area contributed by atoms with Crippen molar-refractivity contribution in [1.29, 1.82) is 0 Å². The van der Waals surface area contributed by atoms with Crippen LogP contribution in [0.15, 0.2) is 0 Å². The lowest BCUT2D eigenvalue weighted by Gasteiger charge is -2.71. The van der Waals surface area contributed by atoms with E-state index in [4.69, 9.17) is 19.3 Å². The summed E-state index contributed by atoms with van der Waals surface area (Å²) in [5.41, 5.74) is -4.16. The molecule has 1 saturated heterocycles. The van der Waals surface area contributed by atoms with Gasteiger partial charge in [-0.25, -0.2) is 0 Å². The zero-order chi connectivity index (χ0) is 32.9.